The second kappa shape index (κ2) is 5.96. The van der Waals surface area contributed by atoms with Crippen LogP contribution in [0.25, 0.3) is 0 Å². The van der Waals surface area contributed by atoms with Gasteiger partial charge in [-0.15, -0.1) is 0 Å². The summed E-state index contributed by atoms with van der Waals surface area (Å²) in [5.41, 5.74) is 6.14. The van der Waals surface area contributed by atoms with E-state index < -0.39 is 0 Å². The van der Waals surface area contributed by atoms with Gasteiger partial charge in [-0.1, -0.05) is 0 Å². The van der Waals surface area contributed by atoms with Crippen LogP contribution in [0.2, 0.25) is 0 Å². The van der Waals surface area contributed by atoms with Crippen LogP contribution in [0, 0.1) is 0 Å². The molecular formula is C12H27N3O. The smallest absolute Gasteiger partial charge is 0.0565 e. The normalized spacial score (nSPS) is 31.3. The maximum Gasteiger partial charge on any atom is 0.0565 e. The van der Waals surface area contributed by atoms with Crippen LogP contribution in [-0.2, 0) is 4.74 Å². The van der Waals surface area contributed by atoms with Crippen LogP contribution >= 0.6 is 0 Å². The van der Waals surface area contributed by atoms with E-state index in [4.69, 9.17) is 10.5 Å². The second-order valence-corrected chi connectivity index (χ2v) is 5.29. The number of likely N-dealkylation sites (N-methyl/N-ethyl adjacent to an activating group) is 2. The fourth-order valence-electron chi connectivity index (χ4n) is 2.42. The van der Waals surface area contributed by atoms with Crippen LogP contribution in [0.1, 0.15) is 19.8 Å². The quantitative estimate of drug-likeness (QED) is 0.740. The Morgan fingerprint density at radius 2 is 2.00 bits per heavy atom. The molecule has 0 radical (unpaired) electrons. The first-order chi connectivity index (χ1) is 7.50. The van der Waals surface area contributed by atoms with Crippen LogP contribution in [0.15, 0.2) is 0 Å². The molecule has 0 bridgehead atoms. The van der Waals surface area contributed by atoms with Gasteiger partial charge in [0, 0.05) is 31.8 Å². The summed E-state index contributed by atoms with van der Waals surface area (Å²) in [5.74, 6) is 0. The van der Waals surface area contributed by atoms with E-state index in [1.807, 2.05) is 0 Å². The van der Waals surface area contributed by atoms with Crippen LogP contribution < -0.4 is 5.73 Å². The first kappa shape index (κ1) is 13.9. The van der Waals surface area contributed by atoms with Gasteiger partial charge < -0.3 is 15.4 Å². The van der Waals surface area contributed by atoms with Gasteiger partial charge in [0.1, 0.15) is 0 Å². The molecule has 1 fully saturated rings. The van der Waals surface area contributed by atoms with Crippen LogP contribution in [0.4, 0.5) is 0 Å². The van der Waals surface area contributed by atoms with Gasteiger partial charge in [-0.3, -0.25) is 4.90 Å². The predicted octanol–water partition coefficient (Wildman–Crippen LogP) is 0.376. The number of hydrogen-bond acceptors (Lipinski definition) is 4. The molecule has 0 aliphatic carbocycles. The topological polar surface area (TPSA) is 41.7 Å². The minimum Gasteiger partial charge on any atom is -0.378 e. The number of rotatable bonds is 5. The zero-order valence-corrected chi connectivity index (χ0v) is 11.2. The minimum atomic E-state index is 0.147. The summed E-state index contributed by atoms with van der Waals surface area (Å²) < 4.78 is 5.62. The molecule has 2 unspecified atom stereocenters. The van der Waals surface area contributed by atoms with Crippen molar-refractivity contribution in [1.29, 1.82) is 0 Å². The average molecular weight is 229 g/mol. The SMILES string of the molecule is CC1CC(CN)(N(C)CCN(C)C)CCO1. The van der Waals surface area contributed by atoms with Crippen molar-refractivity contribution >= 4 is 0 Å². The molecule has 0 aromatic heterocycles. The molecule has 1 rings (SSSR count). The molecule has 0 spiro atoms. The van der Waals surface area contributed by atoms with Gasteiger partial charge in [0.25, 0.3) is 0 Å². The summed E-state index contributed by atoms with van der Waals surface area (Å²) in [6.07, 6.45) is 2.43. The Labute approximate surface area is 99.7 Å². The van der Waals surface area contributed by atoms with Gasteiger partial charge in [0.15, 0.2) is 0 Å². The highest BCUT2D eigenvalue weighted by Crippen LogP contribution is 2.28. The molecule has 0 saturated carbocycles. The van der Waals surface area contributed by atoms with Gasteiger partial charge in [0.05, 0.1) is 6.10 Å². The molecule has 0 amide bonds. The first-order valence-electron chi connectivity index (χ1n) is 6.18. The molecule has 4 nitrogen and oxygen atoms in total. The predicted molar refractivity (Wildman–Crippen MR) is 67.6 cm³/mol. The molecule has 16 heavy (non-hydrogen) atoms. The van der Waals surface area contributed by atoms with Crippen molar-refractivity contribution in [2.24, 2.45) is 5.73 Å². The van der Waals surface area contributed by atoms with Crippen LogP contribution in [-0.4, -0.2) is 68.8 Å². The lowest BCUT2D eigenvalue weighted by Crippen LogP contribution is -2.57. The van der Waals surface area contributed by atoms with Gasteiger partial charge in [-0.25, -0.2) is 0 Å². The van der Waals surface area contributed by atoms with Crippen molar-refractivity contribution in [1.82, 2.24) is 9.80 Å². The van der Waals surface area contributed by atoms with E-state index in [0.29, 0.717) is 6.10 Å². The van der Waals surface area contributed by atoms with E-state index in [0.717, 1.165) is 39.1 Å². The minimum absolute atomic E-state index is 0.147. The molecule has 2 atom stereocenters. The highest BCUT2D eigenvalue weighted by atomic mass is 16.5. The zero-order valence-electron chi connectivity index (χ0n) is 11.2. The van der Waals surface area contributed by atoms with Gasteiger partial charge in [-0.05, 0) is 40.9 Å². The van der Waals surface area contributed by atoms with E-state index in [1.54, 1.807) is 0 Å². The van der Waals surface area contributed by atoms with Gasteiger partial charge in [0.2, 0.25) is 0 Å². The van der Waals surface area contributed by atoms with Gasteiger partial charge in [-0.2, -0.15) is 0 Å². The summed E-state index contributed by atoms with van der Waals surface area (Å²) in [6.45, 7) is 5.85. The van der Waals surface area contributed by atoms with E-state index in [9.17, 15) is 0 Å². The average Bonchev–Trinajstić information content (AvgIpc) is 2.25. The van der Waals surface area contributed by atoms with E-state index >= 15 is 0 Å². The third-order valence-corrected chi connectivity index (χ3v) is 3.71. The fourth-order valence-corrected chi connectivity index (χ4v) is 2.42. The Balaban J connectivity index is 2.56. The molecule has 96 valence electrons. The molecule has 1 aliphatic heterocycles. The Morgan fingerprint density at radius 3 is 2.50 bits per heavy atom. The number of nitrogens with zero attached hydrogens (tertiary/aromatic N) is 2. The highest BCUT2D eigenvalue weighted by Gasteiger charge is 2.37. The number of hydrogen-bond donors (Lipinski definition) is 1. The third kappa shape index (κ3) is 3.42. The van der Waals surface area contributed by atoms with Crippen molar-refractivity contribution in [3.8, 4) is 0 Å². The van der Waals surface area contributed by atoms with E-state index in [-0.39, 0.29) is 5.54 Å². The standard InChI is InChI=1S/C12H27N3O/c1-11-9-12(10-13,5-8-16-11)15(4)7-6-14(2)3/h11H,5-10,13H2,1-4H3. The Bertz CT molecular complexity index is 210. The second-order valence-electron chi connectivity index (χ2n) is 5.29. The van der Waals surface area contributed by atoms with Crippen molar-refractivity contribution in [3.05, 3.63) is 0 Å². The fraction of sp³-hybridized carbons (Fsp3) is 1.00. The molecule has 2 N–H and O–H groups in total. The molecule has 0 aromatic rings. The van der Waals surface area contributed by atoms with E-state index in [1.165, 1.54) is 0 Å². The monoisotopic (exact) mass is 229 g/mol. The molecule has 0 aromatic carbocycles. The summed E-state index contributed by atoms with van der Waals surface area (Å²) in [7, 11) is 6.40. The summed E-state index contributed by atoms with van der Waals surface area (Å²) >= 11 is 0. The zero-order chi connectivity index (χ0) is 12.2. The van der Waals surface area contributed by atoms with Crippen molar-refractivity contribution in [2.45, 2.75) is 31.4 Å². The summed E-state index contributed by atoms with van der Waals surface area (Å²) in [5, 5.41) is 0. The lowest BCUT2D eigenvalue weighted by Gasteiger charge is -2.46. The Hall–Kier alpha value is -0.160. The molecule has 1 saturated heterocycles. The largest absolute Gasteiger partial charge is 0.378 e. The van der Waals surface area contributed by atoms with Crippen LogP contribution in [0.3, 0.4) is 0 Å². The van der Waals surface area contributed by atoms with Gasteiger partial charge >= 0.3 is 0 Å². The third-order valence-electron chi connectivity index (χ3n) is 3.71. The maximum absolute atomic E-state index is 6.00. The lowest BCUT2D eigenvalue weighted by molar-refractivity contribution is -0.0567. The van der Waals surface area contributed by atoms with Crippen molar-refractivity contribution in [3.63, 3.8) is 0 Å². The molecular weight excluding hydrogens is 202 g/mol. The lowest BCUT2D eigenvalue weighted by atomic mass is 9.85. The summed E-state index contributed by atoms with van der Waals surface area (Å²) in [4.78, 5) is 4.63. The van der Waals surface area contributed by atoms with Crippen LogP contribution in [0.5, 0.6) is 0 Å². The molecule has 4 heteroatoms. The van der Waals surface area contributed by atoms with Crippen molar-refractivity contribution in [2.75, 3.05) is 47.4 Å². The highest BCUT2D eigenvalue weighted by molar-refractivity contribution is 4.94. The Morgan fingerprint density at radius 1 is 1.31 bits per heavy atom. The Kier molecular flexibility index (Phi) is 5.18. The maximum atomic E-state index is 6.00. The summed E-state index contributed by atoms with van der Waals surface area (Å²) in [6, 6.07) is 0. The van der Waals surface area contributed by atoms with Crippen molar-refractivity contribution < 1.29 is 4.74 Å². The number of ether oxygens (including phenoxy) is 1. The first-order valence-corrected chi connectivity index (χ1v) is 6.18. The number of nitrogens with two attached hydrogens (primary N) is 1. The molecule has 1 heterocycles. The van der Waals surface area contributed by atoms with E-state index in [2.05, 4.69) is 37.9 Å². The molecule has 1 aliphatic rings.